The monoisotopic (exact) mass is 578 g/mol. The summed E-state index contributed by atoms with van der Waals surface area (Å²) in [7, 11) is 1.44. The van der Waals surface area contributed by atoms with Gasteiger partial charge in [0.1, 0.15) is 23.7 Å². The highest BCUT2D eigenvalue weighted by Gasteiger charge is 2.38. The van der Waals surface area contributed by atoms with Gasteiger partial charge in [-0.3, -0.25) is 25.8 Å². The van der Waals surface area contributed by atoms with Crippen molar-refractivity contribution in [3.8, 4) is 11.5 Å². The number of thioether (sulfide) groups is 1. The van der Waals surface area contributed by atoms with Crippen molar-refractivity contribution in [3.63, 3.8) is 0 Å². The molecule has 0 radical (unpaired) electrons. The molecule has 2 rings (SSSR count). The lowest BCUT2D eigenvalue weighted by Gasteiger charge is -2.17. The molecular formula is C23H26ClF3N4O6S. The molecule has 0 saturated heterocycles. The molecule has 38 heavy (non-hydrogen) atoms. The maximum absolute atomic E-state index is 13.6. The van der Waals surface area contributed by atoms with E-state index in [1.54, 1.807) is 13.0 Å². The molecule has 0 atom stereocenters. The average Bonchev–Trinajstić information content (AvgIpc) is 2.84. The van der Waals surface area contributed by atoms with Gasteiger partial charge in [0.25, 0.3) is 5.69 Å². The number of carbonyl (C=O) groups is 1. The first-order chi connectivity index (χ1) is 17.8. The van der Waals surface area contributed by atoms with E-state index < -0.39 is 47.2 Å². The van der Waals surface area contributed by atoms with Crippen LogP contribution in [0.5, 0.6) is 11.5 Å². The minimum absolute atomic E-state index is 0.0738. The van der Waals surface area contributed by atoms with Gasteiger partial charge in [-0.1, -0.05) is 32.4 Å². The van der Waals surface area contributed by atoms with Crippen LogP contribution in [0.4, 0.5) is 24.5 Å². The van der Waals surface area contributed by atoms with Crippen molar-refractivity contribution in [2.24, 2.45) is 4.99 Å². The molecular weight excluding hydrogens is 553 g/mol. The molecule has 3 N–H and O–H groups in total. The third-order valence-electron chi connectivity index (χ3n) is 4.89. The van der Waals surface area contributed by atoms with E-state index in [-0.39, 0.29) is 27.4 Å². The summed E-state index contributed by atoms with van der Waals surface area (Å²) in [6, 6.07) is 4.35. The Balaban J connectivity index is 2.71. The largest absolute Gasteiger partial charge is 0.495 e. The highest BCUT2D eigenvalue weighted by molar-refractivity contribution is 8.14. The van der Waals surface area contributed by atoms with Crippen LogP contribution in [0.25, 0.3) is 0 Å². The van der Waals surface area contributed by atoms with Gasteiger partial charge in [0.2, 0.25) is 5.91 Å². The Morgan fingerprint density at radius 2 is 1.92 bits per heavy atom. The number of hydrazine groups is 1. The molecule has 0 spiro atoms. The molecule has 0 aliphatic rings. The first-order valence-electron chi connectivity index (χ1n) is 11.1. The van der Waals surface area contributed by atoms with Gasteiger partial charge < -0.3 is 14.6 Å². The first kappa shape index (κ1) is 31.0. The van der Waals surface area contributed by atoms with Crippen LogP contribution in [0.2, 0.25) is 5.02 Å². The highest BCUT2D eigenvalue weighted by Crippen LogP contribution is 2.44. The van der Waals surface area contributed by atoms with Crippen molar-refractivity contribution in [1.29, 1.82) is 0 Å². The minimum Gasteiger partial charge on any atom is -0.495 e. The number of amides is 1. The zero-order valence-electron chi connectivity index (χ0n) is 20.8. The lowest BCUT2D eigenvalue weighted by Crippen LogP contribution is -2.40. The second-order valence-electron chi connectivity index (χ2n) is 7.89. The number of aliphatic hydroxyl groups is 1. The number of amidine groups is 1. The van der Waals surface area contributed by atoms with Gasteiger partial charge in [-0.05, 0) is 35.4 Å². The average molecular weight is 579 g/mol. The fourth-order valence-corrected chi connectivity index (χ4v) is 4.14. The van der Waals surface area contributed by atoms with Crippen molar-refractivity contribution < 1.29 is 37.5 Å². The number of methoxy groups -OCH3 is 1. The zero-order chi connectivity index (χ0) is 28.6. The van der Waals surface area contributed by atoms with Crippen LogP contribution < -0.4 is 20.3 Å². The van der Waals surface area contributed by atoms with Crippen molar-refractivity contribution >= 4 is 45.8 Å². The highest BCUT2D eigenvalue weighted by atomic mass is 35.5. The smallest absolute Gasteiger partial charge is 0.420 e. The van der Waals surface area contributed by atoms with Gasteiger partial charge in [-0.15, -0.1) is 0 Å². The molecule has 0 aliphatic heterocycles. The first-order valence-corrected chi connectivity index (χ1v) is 12.3. The maximum Gasteiger partial charge on any atom is 0.420 e. The molecule has 0 fully saturated rings. The molecule has 0 unspecified atom stereocenters. The van der Waals surface area contributed by atoms with Crippen LogP contribution in [0.15, 0.2) is 34.2 Å². The van der Waals surface area contributed by atoms with E-state index in [9.17, 15) is 28.1 Å². The van der Waals surface area contributed by atoms with E-state index in [1.807, 2.05) is 13.8 Å². The number of nitro benzene ring substituents is 1. The summed E-state index contributed by atoms with van der Waals surface area (Å²) in [5.41, 5.74) is 3.72. The molecule has 0 saturated carbocycles. The molecule has 208 valence electrons. The number of carbonyl (C=O) groups excluding carboxylic acids is 1. The number of hydrogen-bond donors (Lipinski definition) is 3. The zero-order valence-corrected chi connectivity index (χ0v) is 22.4. The normalized spacial score (nSPS) is 11.9. The number of halogens is 4. The summed E-state index contributed by atoms with van der Waals surface area (Å²) < 4.78 is 51.1. The van der Waals surface area contributed by atoms with E-state index >= 15 is 0 Å². The summed E-state index contributed by atoms with van der Waals surface area (Å²) in [4.78, 5) is 26.8. The Kier molecular flexibility index (Phi) is 11.0. The predicted molar refractivity (Wildman–Crippen MR) is 137 cm³/mol. The van der Waals surface area contributed by atoms with Gasteiger partial charge in [-0.2, -0.15) is 13.2 Å². The fourth-order valence-electron chi connectivity index (χ4n) is 3.05. The Morgan fingerprint density at radius 3 is 2.45 bits per heavy atom. The van der Waals surface area contributed by atoms with Crippen molar-refractivity contribution in [2.75, 3.05) is 20.3 Å². The van der Waals surface area contributed by atoms with Gasteiger partial charge in [-0.25, -0.2) is 4.99 Å². The number of aliphatic hydroxyl groups excluding tert-OH is 1. The van der Waals surface area contributed by atoms with Gasteiger partial charge >= 0.3 is 6.18 Å². The van der Waals surface area contributed by atoms with Crippen LogP contribution >= 0.6 is 23.4 Å². The topological polar surface area (TPSA) is 135 Å². The van der Waals surface area contributed by atoms with E-state index in [4.69, 9.17) is 26.2 Å². The van der Waals surface area contributed by atoms with Gasteiger partial charge in [0.15, 0.2) is 5.17 Å². The van der Waals surface area contributed by atoms with Crippen LogP contribution in [-0.2, 0) is 11.0 Å². The number of rotatable bonds is 9. The quantitative estimate of drug-likeness (QED) is 0.115. The van der Waals surface area contributed by atoms with Crippen LogP contribution in [0, 0.1) is 10.1 Å². The second kappa shape index (κ2) is 13.5. The number of benzene rings is 2. The number of nitrogens with zero attached hydrogens (tertiary/aromatic N) is 2. The van der Waals surface area contributed by atoms with E-state index in [0.717, 1.165) is 6.07 Å². The second-order valence-corrected chi connectivity index (χ2v) is 9.33. The Labute approximate surface area is 225 Å². The number of hydrogen-bond acceptors (Lipinski definition) is 8. The third-order valence-corrected chi connectivity index (χ3v) is 6.12. The molecule has 0 aromatic heterocycles. The lowest BCUT2D eigenvalue weighted by atomic mass is 10.0. The predicted octanol–water partition coefficient (Wildman–Crippen LogP) is 5.58. The minimum atomic E-state index is -4.96. The Bertz CT molecular complexity index is 1210. The van der Waals surface area contributed by atoms with Gasteiger partial charge in [0, 0.05) is 18.6 Å². The number of nitro groups is 1. The van der Waals surface area contributed by atoms with Crippen molar-refractivity contribution in [3.05, 3.63) is 50.5 Å². The number of nitrogens with one attached hydrogen (secondary N) is 2. The standard InChI is InChI=1S/C23H26ClF3N4O6S/c1-5-21(33)29-30-22(28-16-10-15(24)19(36-4)8-13(16)12(2)3)38-20-11-18(37-7-6-32)14(23(25,26)27)9-17(20)31(34)35/h8-12,32H,5-7H2,1-4H3,(H,28,30)(H,29,33). The number of alkyl halides is 3. The molecule has 1 amide bonds. The molecule has 0 aliphatic carbocycles. The van der Waals surface area contributed by atoms with E-state index in [1.165, 1.54) is 13.2 Å². The summed E-state index contributed by atoms with van der Waals surface area (Å²) in [6.07, 6.45) is -4.87. The summed E-state index contributed by atoms with van der Waals surface area (Å²) in [5, 5.41) is 20.8. The Hall–Kier alpha value is -3.23. The van der Waals surface area contributed by atoms with Crippen LogP contribution in [0.3, 0.4) is 0 Å². The fraction of sp³-hybridized carbons (Fsp3) is 0.391. The summed E-state index contributed by atoms with van der Waals surface area (Å²) in [5.74, 6) is -0.842. The molecule has 10 nitrogen and oxygen atoms in total. The van der Waals surface area contributed by atoms with E-state index in [0.29, 0.717) is 34.8 Å². The van der Waals surface area contributed by atoms with Crippen LogP contribution in [-0.4, -0.2) is 41.4 Å². The molecule has 0 bridgehead atoms. The lowest BCUT2D eigenvalue weighted by molar-refractivity contribution is -0.388. The Morgan fingerprint density at radius 1 is 1.24 bits per heavy atom. The summed E-state index contributed by atoms with van der Waals surface area (Å²) in [6.45, 7) is 4.30. The molecule has 2 aromatic carbocycles. The third kappa shape index (κ3) is 8.13. The number of ether oxygens (including phenoxy) is 2. The SMILES string of the molecule is CCC(=O)NNC(=Nc1cc(Cl)c(OC)cc1C(C)C)Sc1cc(OCCO)c(C(F)(F)F)cc1[N+](=O)[O-]. The van der Waals surface area contributed by atoms with Crippen molar-refractivity contribution in [2.45, 2.75) is 44.2 Å². The summed E-state index contributed by atoms with van der Waals surface area (Å²) >= 11 is 6.86. The number of aliphatic imine (C=N–C) groups is 1. The van der Waals surface area contributed by atoms with Gasteiger partial charge in [0.05, 0.1) is 34.2 Å². The van der Waals surface area contributed by atoms with Crippen LogP contribution in [0.1, 0.15) is 44.2 Å². The maximum atomic E-state index is 13.6. The molecule has 2 aromatic rings. The molecule has 0 heterocycles. The van der Waals surface area contributed by atoms with E-state index in [2.05, 4.69) is 15.8 Å². The molecule has 15 heteroatoms. The van der Waals surface area contributed by atoms with Crippen molar-refractivity contribution in [1.82, 2.24) is 10.9 Å².